The Bertz CT molecular complexity index is 683. The zero-order chi connectivity index (χ0) is 15.9. The maximum absolute atomic E-state index is 6.36. The summed E-state index contributed by atoms with van der Waals surface area (Å²) in [5.74, 6) is 1.03. The second-order valence-electron chi connectivity index (χ2n) is 6.79. The molecule has 2 aliphatic rings. The maximum atomic E-state index is 6.36. The molecule has 5 nitrogen and oxygen atoms in total. The lowest BCUT2D eigenvalue weighted by Crippen LogP contribution is -2.45. The number of benzene rings is 1. The van der Waals surface area contributed by atoms with Gasteiger partial charge in [-0.1, -0.05) is 18.2 Å². The van der Waals surface area contributed by atoms with Crippen LogP contribution in [0, 0.1) is 6.92 Å². The molecule has 2 aliphatic heterocycles. The summed E-state index contributed by atoms with van der Waals surface area (Å²) >= 11 is 0. The highest BCUT2D eigenvalue weighted by atomic mass is 16.5. The quantitative estimate of drug-likeness (QED) is 0.911. The molecule has 0 saturated carbocycles. The van der Waals surface area contributed by atoms with Gasteiger partial charge in [0.1, 0.15) is 11.4 Å². The molecular weight excluding hydrogens is 288 g/mol. The van der Waals surface area contributed by atoms with E-state index >= 15 is 0 Å². The third kappa shape index (κ3) is 2.75. The summed E-state index contributed by atoms with van der Waals surface area (Å²) in [6, 6.07) is 10.9. The molecule has 2 aromatic rings. The molecule has 2 atom stereocenters. The Kier molecular flexibility index (Phi) is 3.62. The van der Waals surface area contributed by atoms with Crippen LogP contribution in [0.4, 0.5) is 0 Å². The molecule has 0 amide bonds. The lowest BCUT2D eigenvalue weighted by Gasteiger charge is -2.39. The van der Waals surface area contributed by atoms with Crippen LogP contribution in [0.15, 0.2) is 30.3 Å². The number of para-hydroxylation sites is 1. The largest absolute Gasteiger partial charge is 0.485 e. The van der Waals surface area contributed by atoms with Crippen LogP contribution in [0.5, 0.6) is 5.75 Å². The van der Waals surface area contributed by atoms with Crippen LogP contribution in [0.2, 0.25) is 0 Å². The number of hydrogen-bond donors (Lipinski definition) is 2. The van der Waals surface area contributed by atoms with Crippen molar-refractivity contribution < 1.29 is 4.74 Å². The molecule has 0 aliphatic carbocycles. The van der Waals surface area contributed by atoms with E-state index in [-0.39, 0.29) is 5.60 Å². The Balaban J connectivity index is 1.56. The van der Waals surface area contributed by atoms with Gasteiger partial charge in [-0.15, -0.1) is 0 Å². The normalized spacial score (nSPS) is 26.3. The van der Waals surface area contributed by atoms with Crippen molar-refractivity contribution in [2.75, 3.05) is 13.1 Å². The minimum Gasteiger partial charge on any atom is -0.485 e. The number of hydrogen-bond acceptors (Lipinski definition) is 4. The van der Waals surface area contributed by atoms with Gasteiger partial charge in [-0.05, 0) is 25.6 Å². The zero-order valence-corrected chi connectivity index (χ0v) is 13.8. The topological polar surface area (TPSA) is 51.1 Å². The Morgan fingerprint density at radius 2 is 2.30 bits per heavy atom. The van der Waals surface area contributed by atoms with E-state index in [0.29, 0.717) is 6.04 Å². The van der Waals surface area contributed by atoms with Crippen LogP contribution in [-0.4, -0.2) is 28.5 Å². The minimum absolute atomic E-state index is 0.0634. The molecule has 0 radical (unpaired) electrons. The SMILES string of the molecule is Cc1cc(CNC2CC3(CCNC3)Oc3ccccc32)nn1C. The maximum Gasteiger partial charge on any atom is 0.124 e. The van der Waals surface area contributed by atoms with Crippen LogP contribution in [-0.2, 0) is 13.6 Å². The Hall–Kier alpha value is -1.85. The van der Waals surface area contributed by atoms with Crippen LogP contribution in [0.25, 0.3) is 0 Å². The summed E-state index contributed by atoms with van der Waals surface area (Å²) in [6.45, 7) is 4.83. The van der Waals surface area contributed by atoms with Crippen molar-refractivity contribution >= 4 is 0 Å². The fourth-order valence-electron chi connectivity index (χ4n) is 3.73. The van der Waals surface area contributed by atoms with Crippen molar-refractivity contribution in [3.63, 3.8) is 0 Å². The van der Waals surface area contributed by atoms with Crippen molar-refractivity contribution in [3.8, 4) is 5.75 Å². The summed E-state index contributed by atoms with van der Waals surface area (Å²) < 4.78 is 8.29. The molecular formula is C18H24N4O. The Labute approximate surface area is 137 Å². The predicted molar refractivity (Wildman–Crippen MR) is 89.4 cm³/mol. The van der Waals surface area contributed by atoms with E-state index in [2.05, 4.69) is 53.0 Å². The molecule has 1 aromatic heterocycles. The van der Waals surface area contributed by atoms with Gasteiger partial charge in [-0.3, -0.25) is 4.68 Å². The molecule has 5 heteroatoms. The number of rotatable bonds is 3. The number of fused-ring (bicyclic) bond motifs is 1. The molecule has 1 aromatic carbocycles. The highest BCUT2D eigenvalue weighted by Gasteiger charge is 2.42. The molecule has 2 N–H and O–H groups in total. The molecule has 1 spiro atoms. The average molecular weight is 312 g/mol. The van der Waals surface area contributed by atoms with E-state index in [9.17, 15) is 0 Å². The van der Waals surface area contributed by atoms with E-state index in [1.54, 1.807) is 0 Å². The minimum atomic E-state index is -0.0634. The van der Waals surface area contributed by atoms with Crippen molar-refractivity contribution in [1.29, 1.82) is 0 Å². The number of aryl methyl sites for hydroxylation is 2. The Morgan fingerprint density at radius 3 is 3.04 bits per heavy atom. The standard InChI is InChI=1S/C18H24N4O/c1-13-9-14(21-22(13)2)11-20-16-10-18(7-8-19-12-18)23-17-6-4-3-5-15(16)17/h3-6,9,16,19-20H,7-8,10-12H2,1-2H3. The third-order valence-corrected chi connectivity index (χ3v) is 5.10. The first-order valence-corrected chi connectivity index (χ1v) is 8.37. The Morgan fingerprint density at radius 1 is 1.43 bits per heavy atom. The summed E-state index contributed by atoms with van der Waals surface area (Å²) in [5.41, 5.74) is 3.47. The van der Waals surface area contributed by atoms with E-state index < -0.39 is 0 Å². The van der Waals surface area contributed by atoms with E-state index in [1.807, 2.05) is 11.7 Å². The molecule has 122 valence electrons. The first-order valence-electron chi connectivity index (χ1n) is 8.37. The summed E-state index contributed by atoms with van der Waals surface area (Å²) in [6.07, 6.45) is 2.07. The highest BCUT2D eigenvalue weighted by molar-refractivity contribution is 5.39. The number of nitrogens with one attached hydrogen (secondary N) is 2. The van der Waals surface area contributed by atoms with Gasteiger partial charge in [0.05, 0.1) is 5.69 Å². The predicted octanol–water partition coefficient (Wildman–Crippen LogP) is 2.07. The molecule has 0 bridgehead atoms. The van der Waals surface area contributed by atoms with E-state index in [4.69, 9.17) is 4.74 Å². The van der Waals surface area contributed by atoms with Gasteiger partial charge in [0, 0.05) is 50.3 Å². The van der Waals surface area contributed by atoms with Gasteiger partial charge >= 0.3 is 0 Å². The molecule has 1 fully saturated rings. The monoisotopic (exact) mass is 312 g/mol. The first-order chi connectivity index (χ1) is 11.2. The molecule has 2 unspecified atom stereocenters. The third-order valence-electron chi connectivity index (χ3n) is 5.10. The lowest BCUT2D eigenvalue weighted by molar-refractivity contribution is 0.0487. The fraction of sp³-hybridized carbons (Fsp3) is 0.500. The van der Waals surface area contributed by atoms with Gasteiger partial charge in [-0.2, -0.15) is 5.10 Å². The van der Waals surface area contributed by atoms with Gasteiger partial charge in [-0.25, -0.2) is 0 Å². The van der Waals surface area contributed by atoms with Crippen LogP contribution < -0.4 is 15.4 Å². The summed E-state index contributed by atoms with van der Waals surface area (Å²) in [5, 5.41) is 11.7. The number of nitrogens with zero attached hydrogens (tertiary/aromatic N) is 2. The van der Waals surface area contributed by atoms with Crippen molar-refractivity contribution in [2.24, 2.45) is 7.05 Å². The van der Waals surface area contributed by atoms with Crippen molar-refractivity contribution in [3.05, 3.63) is 47.3 Å². The van der Waals surface area contributed by atoms with Crippen molar-refractivity contribution in [2.45, 2.75) is 38.0 Å². The van der Waals surface area contributed by atoms with Gasteiger partial charge in [0.25, 0.3) is 0 Å². The molecule has 3 heterocycles. The second kappa shape index (κ2) is 5.65. The first kappa shape index (κ1) is 14.7. The lowest BCUT2D eigenvalue weighted by atomic mass is 9.86. The molecule has 23 heavy (non-hydrogen) atoms. The van der Waals surface area contributed by atoms with E-state index in [1.165, 1.54) is 11.3 Å². The fourth-order valence-corrected chi connectivity index (χ4v) is 3.73. The summed E-state index contributed by atoms with van der Waals surface area (Å²) in [4.78, 5) is 0. The molecule has 4 rings (SSSR count). The van der Waals surface area contributed by atoms with Gasteiger partial charge in [0.2, 0.25) is 0 Å². The highest BCUT2D eigenvalue weighted by Crippen LogP contribution is 2.42. The molecule has 1 saturated heterocycles. The zero-order valence-electron chi connectivity index (χ0n) is 13.8. The van der Waals surface area contributed by atoms with Crippen LogP contribution in [0.1, 0.15) is 35.8 Å². The van der Waals surface area contributed by atoms with E-state index in [0.717, 1.165) is 43.9 Å². The number of ether oxygens (including phenoxy) is 1. The number of aromatic nitrogens is 2. The van der Waals surface area contributed by atoms with Crippen molar-refractivity contribution in [1.82, 2.24) is 20.4 Å². The van der Waals surface area contributed by atoms with Gasteiger partial charge < -0.3 is 15.4 Å². The van der Waals surface area contributed by atoms with Gasteiger partial charge in [0.15, 0.2) is 0 Å². The van der Waals surface area contributed by atoms with Crippen LogP contribution >= 0.6 is 0 Å². The second-order valence-corrected chi connectivity index (χ2v) is 6.79. The summed E-state index contributed by atoms with van der Waals surface area (Å²) in [7, 11) is 1.99. The average Bonchev–Trinajstić information content (AvgIpc) is 3.12. The van der Waals surface area contributed by atoms with Crippen LogP contribution in [0.3, 0.4) is 0 Å². The smallest absolute Gasteiger partial charge is 0.124 e.